The number of aryl methyl sites for hydroxylation is 1. The highest BCUT2D eigenvalue weighted by Crippen LogP contribution is 2.15. The van der Waals surface area contributed by atoms with Gasteiger partial charge in [-0.15, -0.1) is 10.2 Å². The van der Waals surface area contributed by atoms with Gasteiger partial charge in [-0.25, -0.2) is 4.68 Å². The van der Waals surface area contributed by atoms with Gasteiger partial charge < -0.3 is 0 Å². The number of rotatable bonds is 4. The molecule has 0 saturated heterocycles. The van der Waals surface area contributed by atoms with E-state index in [1.165, 1.54) is 11.8 Å². The first-order valence-corrected chi connectivity index (χ1v) is 7.80. The van der Waals surface area contributed by atoms with Crippen LogP contribution in [0.4, 0.5) is 0 Å². The summed E-state index contributed by atoms with van der Waals surface area (Å²) in [6, 6.07) is 7.42. The maximum absolute atomic E-state index is 12.2. The molecule has 1 aromatic carbocycles. The number of halogens is 1. The van der Waals surface area contributed by atoms with E-state index in [0.717, 1.165) is 9.32 Å². The zero-order chi connectivity index (χ0) is 13.8. The minimum absolute atomic E-state index is 0.167. The third-order valence-electron chi connectivity index (χ3n) is 2.37. The topological polar surface area (TPSA) is 59.8 Å². The van der Waals surface area contributed by atoms with Gasteiger partial charge >= 0.3 is 0 Å². The van der Waals surface area contributed by atoms with E-state index >= 15 is 0 Å². The van der Waals surface area contributed by atoms with Gasteiger partial charge in [-0.2, -0.15) is 0 Å². The molecule has 0 bridgehead atoms. The fourth-order valence-electron chi connectivity index (χ4n) is 1.49. The molecule has 0 atom stereocenters. The van der Waals surface area contributed by atoms with Gasteiger partial charge in [0.25, 0.3) is 5.91 Å². The SMILES string of the molecule is CCSc1nnc(C)n1NC(=O)c1cccc(I)c1. The van der Waals surface area contributed by atoms with Crippen molar-refractivity contribution in [2.75, 3.05) is 11.2 Å². The van der Waals surface area contributed by atoms with Gasteiger partial charge in [0, 0.05) is 9.13 Å². The molecule has 5 nitrogen and oxygen atoms in total. The molecule has 1 N–H and O–H groups in total. The average Bonchev–Trinajstić information content (AvgIpc) is 2.72. The van der Waals surface area contributed by atoms with Crippen molar-refractivity contribution in [1.29, 1.82) is 0 Å². The largest absolute Gasteiger partial charge is 0.270 e. The van der Waals surface area contributed by atoms with Crippen LogP contribution >= 0.6 is 34.4 Å². The molecular formula is C12H13IN4OS. The van der Waals surface area contributed by atoms with E-state index < -0.39 is 0 Å². The first-order valence-electron chi connectivity index (χ1n) is 5.73. The predicted molar refractivity (Wildman–Crippen MR) is 84.0 cm³/mol. The Morgan fingerprint density at radius 1 is 1.47 bits per heavy atom. The lowest BCUT2D eigenvalue weighted by molar-refractivity contribution is 0.100. The molecule has 0 unspecified atom stereocenters. The lowest BCUT2D eigenvalue weighted by atomic mass is 10.2. The summed E-state index contributed by atoms with van der Waals surface area (Å²) < 4.78 is 2.64. The van der Waals surface area contributed by atoms with Crippen molar-refractivity contribution in [1.82, 2.24) is 14.9 Å². The minimum Gasteiger partial charge on any atom is -0.267 e. The molecule has 0 fully saturated rings. The van der Waals surface area contributed by atoms with Gasteiger partial charge in [-0.3, -0.25) is 10.2 Å². The van der Waals surface area contributed by atoms with E-state index in [1.807, 2.05) is 32.0 Å². The van der Waals surface area contributed by atoms with E-state index in [9.17, 15) is 4.79 Å². The fraction of sp³-hybridized carbons (Fsp3) is 0.250. The Morgan fingerprint density at radius 3 is 2.95 bits per heavy atom. The Labute approximate surface area is 129 Å². The Hall–Kier alpha value is -1.09. The summed E-state index contributed by atoms with van der Waals surface area (Å²) in [6.45, 7) is 3.84. The molecule has 0 radical (unpaired) electrons. The van der Waals surface area contributed by atoms with Crippen molar-refractivity contribution < 1.29 is 4.79 Å². The van der Waals surface area contributed by atoms with Crippen LogP contribution in [0.3, 0.4) is 0 Å². The predicted octanol–water partition coefficient (Wildman–Crippen LogP) is 2.69. The Balaban J connectivity index is 2.21. The maximum atomic E-state index is 12.2. The van der Waals surface area contributed by atoms with Gasteiger partial charge in [-0.1, -0.05) is 24.8 Å². The van der Waals surface area contributed by atoms with Crippen LogP contribution in [0.15, 0.2) is 29.4 Å². The highest BCUT2D eigenvalue weighted by Gasteiger charge is 2.13. The van der Waals surface area contributed by atoms with Crippen molar-refractivity contribution in [2.24, 2.45) is 0 Å². The van der Waals surface area contributed by atoms with Gasteiger partial charge in [0.15, 0.2) is 0 Å². The quantitative estimate of drug-likeness (QED) is 0.647. The summed E-state index contributed by atoms with van der Waals surface area (Å²) in [6.07, 6.45) is 0. The van der Waals surface area contributed by atoms with Crippen molar-refractivity contribution in [2.45, 2.75) is 19.0 Å². The molecule has 100 valence electrons. The van der Waals surface area contributed by atoms with Crippen LogP contribution < -0.4 is 5.43 Å². The Bertz CT molecular complexity index is 599. The number of nitrogens with zero attached hydrogens (tertiary/aromatic N) is 3. The number of nitrogens with one attached hydrogen (secondary N) is 1. The molecule has 0 aliphatic rings. The number of carbonyl (C=O) groups is 1. The zero-order valence-corrected chi connectivity index (χ0v) is 13.5. The van der Waals surface area contributed by atoms with E-state index in [2.05, 4.69) is 38.2 Å². The second-order valence-electron chi connectivity index (χ2n) is 3.75. The number of aromatic nitrogens is 3. The molecule has 1 amide bonds. The molecule has 1 aromatic heterocycles. The number of carbonyl (C=O) groups excluding carboxylic acids is 1. The number of hydrogen-bond acceptors (Lipinski definition) is 4. The standard InChI is InChI=1S/C12H13IN4OS/c1-3-19-12-15-14-8(2)17(12)16-11(18)9-5-4-6-10(13)7-9/h4-7H,3H2,1-2H3,(H,16,18). The highest BCUT2D eigenvalue weighted by molar-refractivity contribution is 14.1. The molecule has 2 rings (SSSR count). The summed E-state index contributed by atoms with van der Waals surface area (Å²) in [5.74, 6) is 1.37. The maximum Gasteiger partial charge on any atom is 0.270 e. The van der Waals surface area contributed by atoms with Crippen LogP contribution in [0.1, 0.15) is 23.1 Å². The monoisotopic (exact) mass is 388 g/mol. The van der Waals surface area contributed by atoms with E-state index in [4.69, 9.17) is 0 Å². The first kappa shape index (κ1) is 14.3. The molecule has 0 spiro atoms. The normalized spacial score (nSPS) is 10.5. The Kier molecular flexibility index (Phi) is 4.81. The number of hydrogen-bond donors (Lipinski definition) is 1. The lowest BCUT2D eigenvalue weighted by Gasteiger charge is -2.09. The van der Waals surface area contributed by atoms with Crippen LogP contribution in [0.25, 0.3) is 0 Å². The molecular weight excluding hydrogens is 375 g/mol. The van der Waals surface area contributed by atoms with Gasteiger partial charge in [0.2, 0.25) is 5.16 Å². The van der Waals surface area contributed by atoms with Crippen molar-refractivity contribution >= 4 is 40.3 Å². The van der Waals surface area contributed by atoms with Crippen LogP contribution in [0.5, 0.6) is 0 Å². The number of thioether (sulfide) groups is 1. The third-order valence-corrected chi connectivity index (χ3v) is 3.85. The van der Waals surface area contributed by atoms with Crippen LogP contribution in [-0.2, 0) is 0 Å². The van der Waals surface area contributed by atoms with E-state index in [1.54, 1.807) is 10.7 Å². The molecule has 2 aromatic rings. The second-order valence-corrected chi connectivity index (χ2v) is 6.23. The van der Waals surface area contributed by atoms with Gasteiger partial charge in [0.1, 0.15) is 5.82 Å². The van der Waals surface area contributed by atoms with Crippen LogP contribution in [0, 0.1) is 10.5 Å². The van der Waals surface area contributed by atoms with Crippen LogP contribution in [-0.4, -0.2) is 26.5 Å². The summed E-state index contributed by atoms with van der Waals surface area (Å²) >= 11 is 3.72. The summed E-state index contributed by atoms with van der Waals surface area (Å²) in [5, 5.41) is 8.70. The highest BCUT2D eigenvalue weighted by atomic mass is 127. The van der Waals surface area contributed by atoms with Crippen LogP contribution in [0.2, 0.25) is 0 Å². The smallest absolute Gasteiger partial charge is 0.267 e. The summed E-state index contributed by atoms with van der Waals surface area (Å²) in [5.41, 5.74) is 3.43. The van der Waals surface area contributed by atoms with Gasteiger partial charge in [-0.05, 0) is 53.5 Å². The number of amides is 1. The zero-order valence-electron chi connectivity index (χ0n) is 10.6. The Morgan fingerprint density at radius 2 is 2.26 bits per heavy atom. The van der Waals surface area contributed by atoms with Gasteiger partial charge in [0.05, 0.1) is 0 Å². The van der Waals surface area contributed by atoms with Crippen molar-refractivity contribution in [3.63, 3.8) is 0 Å². The molecule has 7 heteroatoms. The summed E-state index contributed by atoms with van der Waals surface area (Å²) in [7, 11) is 0. The van der Waals surface area contributed by atoms with E-state index in [-0.39, 0.29) is 5.91 Å². The fourth-order valence-corrected chi connectivity index (χ4v) is 2.70. The first-order chi connectivity index (χ1) is 9.11. The van der Waals surface area contributed by atoms with Crippen molar-refractivity contribution in [3.8, 4) is 0 Å². The second kappa shape index (κ2) is 6.38. The molecule has 0 aliphatic heterocycles. The third kappa shape index (κ3) is 3.47. The molecule has 19 heavy (non-hydrogen) atoms. The minimum atomic E-state index is -0.167. The van der Waals surface area contributed by atoms with Crippen molar-refractivity contribution in [3.05, 3.63) is 39.2 Å². The lowest BCUT2D eigenvalue weighted by Crippen LogP contribution is -2.24. The molecule has 0 aliphatic carbocycles. The van der Waals surface area contributed by atoms with E-state index in [0.29, 0.717) is 16.5 Å². The molecule has 1 heterocycles. The number of benzene rings is 1. The average molecular weight is 388 g/mol. The molecule has 0 saturated carbocycles. The summed E-state index contributed by atoms with van der Waals surface area (Å²) in [4.78, 5) is 12.2.